The van der Waals surface area contributed by atoms with Crippen molar-refractivity contribution < 1.29 is 19.1 Å². The largest absolute Gasteiger partial charge is 0.466 e. The minimum absolute atomic E-state index is 0.0842. The van der Waals surface area contributed by atoms with Crippen LogP contribution in [0.3, 0.4) is 0 Å². The first kappa shape index (κ1) is 20.8. The number of nitrogens with zero attached hydrogens (tertiary/aromatic N) is 2. The third-order valence-corrected chi connectivity index (χ3v) is 8.15. The molecule has 1 saturated carbocycles. The fraction of sp³-hybridized carbons (Fsp3) is 0.500. The number of aromatic nitrogens is 1. The van der Waals surface area contributed by atoms with Crippen molar-refractivity contribution in [1.82, 2.24) is 4.98 Å². The van der Waals surface area contributed by atoms with Gasteiger partial charge in [-0.05, 0) is 47.8 Å². The van der Waals surface area contributed by atoms with E-state index in [9.17, 15) is 14.4 Å². The monoisotopic (exact) mass is 496 g/mol. The molecule has 2 unspecified atom stereocenters. The van der Waals surface area contributed by atoms with Gasteiger partial charge in [-0.3, -0.25) is 14.4 Å². The van der Waals surface area contributed by atoms with Gasteiger partial charge in [0.05, 0.1) is 40.8 Å². The third kappa shape index (κ3) is 4.09. The lowest BCUT2D eigenvalue weighted by molar-refractivity contribution is -0.142. The topological polar surface area (TPSA) is 76.6 Å². The predicted octanol–water partition coefficient (Wildman–Crippen LogP) is 4.78. The van der Waals surface area contributed by atoms with Crippen molar-refractivity contribution in [3.05, 3.63) is 16.6 Å². The standard InChI is InChI=1S/C20H21BrN2O4S2/c1-2-27-17(24)7-8-28-20-22-14-10-15(13(21)9-16(14)29-20)23-18(25)11-5-3-4-6-12(11)19(23)26/h9-12H,2-8H2,1H3. The van der Waals surface area contributed by atoms with Gasteiger partial charge in [-0.1, -0.05) is 24.6 Å². The number of carbonyl (C=O) groups is 3. The van der Waals surface area contributed by atoms with E-state index < -0.39 is 0 Å². The number of halogens is 1. The molecule has 0 spiro atoms. The maximum atomic E-state index is 12.9. The molecule has 6 nitrogen and oxygen atoms in total. The number of fused-ring (bicyclic) bond motifs is 2. The van der Waals surface area contributed by atoms with E-state index in [0.717, 1.165) is 44.7 Å². The number of carbonyl (C=O) groups excluding carboxylic acids is 3. The first-order chi connectivity index (χ1) is 14.0. The molecule has 2 aliphatic rings. The first-order valence-electron chi connectivity index (χ1n) is 9.76. The number of hydrogen-bond acceptors (Lipinski definition) is 7. The highest BCUT2D eigenvalue weighted by Gasteiger charge is 2.49. The van der Waals surface area contributed by atoms with Crippen molar-refractivity contribution >= 4 is 72.7 Å². The highest BCUT2D eigenvalue weighted by Crippen LogP contribution is 2.43. The Bertz CT molecular complexity index is 953. The Hall–Kier alpha value is -1.45. The van der Waals surface area contributed by atoms with E-state index in [1.165, 1.54) is 28.0 Å². The summed E-state index contributed by atoms with van der Waals surface area (Å²) < 4.78 is 7.48. The van der Waals surface area contributed by atoms with E-state index in [1.807, 2.05) is 12.1 Å². The zero-order valence-corrected chi connectivity index (χ0v) is 19.2. The number of anilines is 1. The van der Waals surface area contributed by atoms with Gasteiger partial charge in [-0.15, -0.1) is 11.3 Å². The minimum atomic E-state index is -0.210. The summed E-state index contributed by atoms with van der Waals surface area (Å²) in [5, 5.41) is 0. The molecule has 2 heterocycles. The Morgan fingerprint density at radius 2 is 1.97 bits per heavy atom. The molecule has 0 radical (unpaired) electrons. The number of hydrogen-bond donors (Lipinski definition) is 0. The molecule has 0 N–H and O–H groups in total. The quantitative estimate of drug-likeness (QED) is 0.325. The number of imide groups is 1. The van der Waals surface area contributed by atoms with Gasteiger partial charge in [0.1, 0.15) is 0 Å². The van der Waals surface area contributed by atoms with Crippen molar-refractivity contribution in [2.24, 2.45) is 11.8 Å². The highest BCUT2D eigenvalue weighted by molar-refractivity contribution is 9.10. The van der Waals surface area contributed by atoms with E-state index in [0.29, 0.717) is 24.5 Å². The van der Waals surface area contributed by atoms with Gasteiger partial charge in [-0.2, -0.15) is 0 Å². The molecular weight excluding hydrogens is 476 g/mol. The van der Waals surface area contributed by atoms with Gasteiger partial charge in [0.15, 0.2) is 4.34 Å². The van der Waals surface area contributed by atoms with E-state index >= 15 is 0 Å². The lowest BCUT2D eigenvalue weighted by atomic mass is 9.81. The zero-order chi connectivity index (χ0) is 20.5. The Labute approximate surface area is 185 Å². The van der Waals surface area contributed by atoms with Crippen LogP contribution >= 0.6 is 39.0 Å². The number of thioether (sulfide) groups is 1. The van der Waals surface area contributed by atoms with Gasteiger partial charge in [0.2, 0.25) is 11.8 Å². The summed E-state index contributed by atoms with van der Waals surface area (Å²) in [7, 11) is 0. The third-order valence-electron chi connectivity index (χ3n) is 5.36. The highest BCUT2D eigenvalue weighted by atomic mass is 79.9. The molecule has 2 amide bonds. The summed E-state index contributed by atoms with van der Waals surface area (Å²) in [6.45, 7) is 2.18. The zero-order valence-electron chi connectivity index (χ0n) is 16.0. The predicted molar refractivity (Wildman–Crippen MR) is 117 cm³/mol. The molecule has 154 valence electrons. The van der Waals surface area contributed by atoms with Gasteiger partial charge in [0.25, 0.3) is 0 Å². The normalized spacial score (nSPS) is 21.7. The second-order valence-electron chi connectivity index (χ2n) is 7.16. The number of rotatable bonds is 6. The fourth-order valence-corrected chi connectivity index (χ4v) is 6.76. The molecule has 0 bridgehead atoms. The number of esters is 1. The van der Waals surface area contributed by atoms with Crippen LogP contribution < -0.4 is 4.90 Å². The van der Waals surface area contributed by atoms with Gasteiger partial charge in [-0.25, -0.2) is 9.88 Å². The van der Waals surface area contributed by atoms with Crippen molar-refractivity contribution in [3.63, 3.8) is 0 Å². The molecule has 29 heavy (non-hydrogen) atoms. The number of thiazole rings is 1. The number of ether oxygens (including phenoxy) is 1. The molecular formula is C20H21BrN2O4S2. The van der Waals surface area contributed by atoms with Crippen LogP contribution in [0.15, 0.2) is 20.9 Å². The van der Waals surface area contributed by atoms with Crippen LogP contribution in [0, 0.1) is 11.8 Å². The summed E-state index contributed by atoms with van der Waals surface area (Å²) in [6, 6.07) is 3.73. The fourth-order valence-electron chi connectivity index (χ4n) is 4.00. The molecule has 1 aromatic carbocycles. The molecule has 9 heteroatoms. The van der Waals surface area contributed by atoms with Gasteiger partial charge >= 0.3 is 5.97 Å². The van der Waals surface area contributed by atoms with Crippen LogP contribution in [0.5, 0.6) is 0 Å². The van der Waals surface area contributed by atoms with Crippen LogP contribution in [0.25, 0.3) is 10.2 Å². The van der Waals surface area contributed by atoms with E-state index in [-0.39, 0.29) is 29.6 Å². The van der Waals surface area contributed by atoms with E-state index in [2.05, 4.69) is 20.9 Å². The molecule has 4 rings (SSSR count). The molecule has 2 aromatic rings. The Kier molecular flexibility index (Phi) is 6.27. The van der Waals surface area contributed by atoms with Crippen LogP contribution in [-0.2, 0) is 19.1 Å². The number of benzene rings is 1. The Morgan fingerprint density at radius 3 is 2.62 bits per heavy atom. The molecule has 2 fully saturated rings. The number of amides is 2. The molecule has 1 aliphatic heterocycles. The van der Waals surface area contributed by atoms with Gasteiger partial charge in [0, 0.05) is 10.2 Å². The SMILES string of the molecule is CCOC(=O)CCSc1nc2cc(N3C(=O)C4CCCCC4C3=O)c(Br)cc2s1. The first-order valence-corrected chi connectivity index (χ1v) is 12.4. The van der Waals surface area contributed by atoms with Crippen LogP contribution in [-0.4, -0.2) is 35.1 Å². The van der Waals surface area contributed by atoms with Crippen molar-refractivity contribution in [3.8, 4) is 0 Å². The molecule has 1 saturated heterocycles. The lowest BCUT2D eigenvalue weighted by Crippen LogP contribution is -2.31. The van der Waals surface area contributed by atoms with Crippen LogP contribution in [0.2, 0.25) is 0 Å². The van der Waals surface area contributed by atoms with Crippen molar-refractivity contribution in [2.45, 2.75) is 43.4 Å². The average molecular weight is 497 g/mol. The maximum Gasteiger partial charge on any atom is 0.306 e. The summed E-state index contributed by atoms with van der Waals surface area (Å²) in [6.07, 6.45) is 3.94. The smallest absolute Gasteiger partial charge is 0.306 e. The Morgan fingerprint density at radius 1 is 1.28 bits per heavy atom. The van der Waals surface area contributed by atoms with E-state index in [1.54, 1.807) is 6.92 Å². The second kappa shape index (κ2) is 8.73. The maximum absolute atomic E-state index is 12.9. The summed E-state index contributed by atoms with van der Waals surface area (Å²) in [5.74, 6) is -0.137. The van der Waals surface area contributed by atoms with Crippen LogP contribution in [0.4, 0.5) is 5.69 Å². The molecule has 1 aliphatic carbocycles. The van der Waals surface area contributed by atoms with E-state index in [4.69, 9.17) is 4.74 Å². The van der Waals surface area contributed by atoms with Crippen molar-refractivity contribution in [1.29, 1.82) is 0 Å². The summed E-state index contributed by atoms with van der Waals surface area (Å²) in [4.78, 5) is 43.3. The van der Waals surface area contributed by atoms with Crippen LogP contribution in [0.1, 0.15) is 39.0 Å². The summed E-state index contributed by atoms with van der Waals surface area (Å²) in [5.41, 5.74) is 1.33. The van der Waals surface area contributed by atoms with Crippen molar-refractivity contribution in [2.75, 3.05) is 17.3 Å². The minimum Gasteiger partial charge on any atom is -0.466 e. The lowest BCUT2D eigenvalue weighted by Gasteiger charge is -2.19. The van der Waals surface area contributed by atoms with Gasteiger partial charge < -0.3 is 4.74 Å². The average Bonchev–Trinajstić information content (AvgIpc) is 3.20. The second-order valence-corrected chi connectivity index (χ2v) is 10.4. The summed E-state index contributed by atoms with van der Waals surface area (Å²) >= 11 is 6.58. The molecule has 2 atom stereocenters. The Balaban J connectivity index is 1.55. The molecule has 1 aromatic heterocycles.